The maximum Gasteiger partial charge on any atom is 0.387 e. The first kappa shape index (κ1) is 39.1. The lowest BCUT2D eigenvalue weighted by Gasteiger charge is -2.16. The zero-order chi connectivity index (χ0) is 36.8. The summed E-state index contributed by atoms with van der Waals surface area (Å²) < 4.78 is 81.8. The monoisotopic (exact) mass is 789 g/mol. The van der Waals surface area contributed by atoms with Crippen molar-refractivity contribution in [3.8, 4) is 5.75 Å². The molecule has 0 saturated heterocycles. The van der Waals surface area contributed by atoms with E-state index < -0.39 is 38.5 Å². The molecular weight excluding hydrogens is 759 g/mol. The van der Waals surface area contributed by atoms with Crippen LogP contribution in [0, 0.1) is 0 Å². The second-order valence-electron chi connectivity index (χ2n) is 10.9. The quantitative estimate of drug-likeness (QED) is 0.196. The summed E-state index contributed by atoms with van der Waals surface area (Å²) in [6.45, 7) is 1.05. The van der Waals surface area contributed by atoms with E-state index in [-0.39, 0.29) is 39.4 Å². The molecule has 17 heteroatoms. The number of ether oxygens (including phenoxy) is 1. The van der Waals surface area contributed by atoms with E-state index in [0.717, 1.165) is 15.0 Å². The lowest BCUT2D eigenvalue weighted by atomic mass is 10.1. The Balaban J connectivity index is 0.000000244. The number of unbranched alkanes of at least 4 members (excludes halogenated alkanes) is 2. The number of carbonyl (C=O) groups is 2. The summed E-state index contributed by atoms with van der Waals surface area (Å²) in [6.07, 6.45) is 2.62. The van der Waals surface area contributed by atoms with Crippen LogP contribution in [0.5, 0.6) is 5.75 Å². The van der Waals surface area contributed by atoms with Crippen LogP contribution in [0.25, 0.3) is 9.81 Å². The SMILES string of the molecule is CCCCN1C(=O)C(Cl)=C(c2ccc(Cl)cc2)S1(=O)=O.CCCCN1C(=O)C(Nc2ccc(OC(F)F)cc2)=C(c2ccc(Cl)cc2)S1(=O)=O. The van der Waals surface area contributed by atoms with Crippen LogP contribution in [0.15, 0.2) is 83.5 Å². The van der Waals surface area contributed by atoms with Gasteiger partial charge in [0.2, 0.25) is 0 Å². The number of alkyl halides is 2. The van der Waals surface area contributed by atoms with Crippen LogP contribution in [-0.2, 0) is 29.6 Å². The van der Waals surface area contributed by atoms with Crippen molar-refractivity contribution in [2.75, 3.05) is 18.4 Å². The van der Waals surface area contributed by atoms with Crippen LogP contribution in [0.1, 0.15) is 50.7 Å². The van der Waals surface area contributed by atoms with Gasteiger partial charge in [-0.2, -0.15) is 8.78 Å². The van der Waals surface area contributed by atoms with Gasteiger partial charge in [-0.1, -0.05) is 85.8 Å². The van der Waals surface area contributed by atoms with E-state index in [2.05, 4.69) is 10.1 Å². The van der Waals surface area contributed by atoms with Gasteiger partial charge < -0.3 is 10.1 Å². The van der Waals surface area contributed by atoms with Gasteiger partial charge in [-0.3, -0.25) is 9.59 Å². The second kappa shape index (κ2) is 16.6. The molecule has 0 aromatic heterocycles. The molecule has 0 aliphatic carbocycles. The predicted molar refractivity (Wildman–Crippen MR) is 190 cm³/mol. The molecule has 3 aromatic carbocycles. The van der Waals surface area contributed by atoms with Gasteiger partial charge in [-0.05, 0) is 72.5 Å². The average Bonchev–Trinajstić information content (AvgIpc) is 3.35. The van der Waals surface area contributed by atoms with Crippen molar-refractivity contribution in [3.05, 3.63) is 105 Å². The molecule has 0 atom stereocenters. The Labute approximate surface area is 304 Å². The number of anilines is 1. The molecule has 0 bridgehead atoms. The summed E-state index contributed by atoms with van der Waals surface area (Å²) in [4.78, 5) is 24.7. The summed E-state index contributed by atoms with van der Waals surface area (Å²) in [5.74, 6) is -1.40. The van der Waals surface area contributed by atoms with Gasteiger partial charge in [0.1, 0.15) is 26.3 Å². The van der Waals surface area contributed by atoms with Gasteiger partial charge in [0, 0.05) is 28.8 Å². The number of hydrogen-bond donors (Lipinski definition) is 1. The molecule has 5 rings (SSSR count). The number of rotatable bonds is 12. The molecule has 0 saturated carbocycles. The number of benzene rings is 3. The number of nitrogens with one attached hydrogen (secondary N) is 1. The fourth-order valence-electron chi connectivity index (χ4n) is 4.90. The van der Waals surface area contributed by atoms with Crippen molar-refractivity contribution < 1.29 is 39.9 Å². The first-order chi connectivity index (χ1) is 23.6. The molecule has 2 amide bonds. The number of sulfonamides is 2. The summed E-state index contributed by atoms with van der Waals surface area (Å²) in [6, 6.07) is 17.7. The van der Waals surface area contributed by atoms with Gasteiger partial charge in [0.25, 0.3) is 31.9 Å². The van der Waals surface area contributed by atoms with Crippen molar-refractivity contribution >= 4 is 82.2 Å². The topological polar surface area (TPSA) is 130 Å². The predicted octanol–water partition coefficient (Wildman–Crippen LogP) is 7.91. The zero-order valence-electron chi connectivity index (χ0n) is 26.7. The Morgan fingerprint density at radius 3 is 1.58 bits per heavy atom. The summed E-state index contributed by atoms with van der Waals surface area (Å²) in [5.41, 5.74) is 0.911. The maximum atomic E-state index is 13.1. The highest BCUT2D eigenvalue weighted by molar-refractivity contribution is 8.00. The largest absolute Gasteiger partial charge is 0.435 e. The fourth-order valence-corrected chi connectivity index (χ4v) is 9.08. The van der Waals surface area contributed by atoms with Gasteiger partial charge >= 0.3 is 6.61 Å². The van der Waals surface area contributed by atoms with E-state index in [1.807, 2.05) is 13.8 Å². The molecule has 0 spiro atoms. The van der Waals surface area contributed by atoms with E-state index in [4.69, 9.17) is 34.8 Å². The first-order valence-corrected chi connectivity index (χ1v) is 19.3. The molecule has 2 aliphatic heterocycles. The second-order valence-corrected chi connectivity index (χ2v) is 15.7. The van der Waals surface area contributed by atoms with Gasteiger partial charge in [-0.15, -0.1) is 0 Å². The van der Waals surface area contributed by atoms with E-state index in [1.165, 1.54) is 60.7 Å². The minimum absolute atomic E-state index is 0.0566. The molecule has 2 aliphatic rings. The van der Waals surface area contributed by atoms with Crippen LogP contribution in [0.4, 0.5) is 14.5 Å². The normalized spacial score (nSPS) is 16.6. The molecule has 50 heavy (non-hydrogen) atoms. The Bertz CT molecular complexity index is 2010. The molecule has 268 valence electrons. The molecule has 0 fully saturated rings. The highest BCUT2D eigenvalue weighted by Crippen LogP contribution is 2.39. The van der Waals surface area contributed by atoms with Crippen LogP contribution in [0.3, 0.4) is 0 Å². The van der Waals surface area contributed by atoms with E-state index in [9.17, 15) is 35.2 Å². The number of amides is 2. The van der Waals surface area contributed by atoms with E-state index in [0.29, 0.717) is 46.1 Å². The third kappa shape index (κ3) is 8.60. The summed E-state index contributed by atoms with van der Waals surface area (Å²) >= 11 is 17.6. The molecule has 2 heterocycles. The highest BCUT2D eigenvalue weighted by atomic mass is 35.5. The van der Waals surface area contributed by atoms with Crippen molar-refractivity contribution in [1.82, 2.24) is 8.61 Å². The third-order valence-electron chi connectivity index (χ3n) is 7.37. The van der Waals surface area contributed by atoms with Gasteiger partial charge in [-0.25, -0.2) is 25.4 Å². The maximum absolute atomic E-state index is 13.1. The number of hydrogen-bond acceptors (Lipinski definition) is 8. The van der Waals surface area contributed by atoms with Crippen molar-refractivity contribution in [2.45, 2.75) is 46.1 Å². The highest BCUT2D eigenvalue weighted by Gasteiger charge is 2.45. The van der Waals surface area contributed by atoms with Crippen molar-refractivity contribution in [1.29, 1.82) is 0 Å². The summed E-state index contributed by atoms with van der Waals surface area (Å²) in [7, 11) is -7.95. The number of nitrogens with zero attached hydrogens (tertiary/aromatic N) is 2. The van der Waals surface area contributed by atoms with Crippen molar-refractivity contribution in [2.24, 2.45) is 0 Å². The van der Waals surface area contributed by atoms with Crippen molar-refractivity contribution in [3.63, 3.8) is 0 Å². The number of carbonyl (C=O) groups excluding carboxylic acids is 2. The smallest absolute Gasteiger partial charge is 0.387 e. The Morgan fingerprint density at radius 2 is 1.12 bits per heavy atom. The Kier molecular flexibility index (Phi) is 12.9. The van der Waals surface area contributed by atoms with Crippen LogP contribution in [-0.4, -0.2) is 57.0 Å². The van der Waals surface area contributed by atoms with E-state index in [1.54, 1.807) is 12.1 Å². The lowest BCUT2D eigenvalue weighted by molar-refractivity contribution is -0.122. The van der Waals surface area contributed by atoms with Crippen LogP contribution >= 0.6 is 34.8 Å². The summed E-state index contributed by atoms with van der Waals surface area (Å²) in [5, 5.41) is 3.47. The minimum atomic E-state index is -4.07. The van der Waals surface area contributed by atoms with Gasteiger partial charge in [0.15, 0.2) is 0 Å². The van der Waals surface area contributed by atoms with Crippen LogP contribution in [0.2, 0.25) is 10.0 Å². The molecule has 0 unspecified atom stereocenters. The molecule has 10 nitrogen and oxygen atoms in total. The fraction of sp³-hybridized carbons (Fsp3) is 0.273. The molecule has 0 radical (unpaired) electrons. The third-order valence-corrected chi connectivity index (χ3v) is 12.1. The lowest BCUT2D eigenvalue weighted by Crippen LogP contribution is -2.33. The average molecular weight is 791 g/mol. The van der Waals surface area contributed by atoms with Crippen LogP contribution < -0.4 is 10.1 Å². The van der Waals surface area contributed by atoms with E-state index >= 15 is 0 Å². The molecule has 3 aromatic rings. The molecular formula is C33H32Cl3F2N3O7S2. The Morgan fingerprint density at radius 1 is 0.680 bits per heavy atom. The molecule has 1 N–H and O–H groups in total. The zero-order valence-corrected chi connectivity index (χ0v) is 30.6. The Hall–Kier alpha value is -3.69. The minimum Gasteiger partial charge on any atom is -0.435 e. The first-order valence-electron chi connectivity index (χ1n) is 15.2. The van der Waals surface area contributed by atoms with Gasteiger partial charge in [0.05, 0.1) is 0 Å². The number of halogens is 5. The standard InChI is InChI=1S/C20H19ClF2N2O4S.C13H13Cl2NO3S/c1-2-3-12-25-19(26)17(24-15-8-10-16(11-9-15)29-20(22)23)18(30(25,27)28)13-4-6-14(21)7-5-13;1-2-3-8-16-13(17)11(15)12(20(16,18)19)9-4-6-10(14)7-5-9/h4-11,20,24H,2-3,12H2,1H3;4-7H,2-3,8H2,1H3.